The third-order valence-corrected chi connectivity index (χ3v) is 9.53. The highest BCUT2D eigenvalue weighted by Gasteiger charge is 2.28. The van der Waals surface area contributed by atoms with Crippen molar-refractivity contribution in [2.24, 2.45) is 5.73 Å². The fourth-order valence-corrected chi connectivity index (χ4v) is 6.04. The fourth-order valence-electron chi connectivity index (χ4n) is 5.26. The Bertz CT molecular complexity index is 1110. The quantitative estimate of drug-likeness (QED) is 0.0179. The molecule has 0 saturated carbocycles. The van der Waals surface area contributed by atoms with Crippen LogP contribution in [0.1, 0.15) is 168 Å². The maximum Gasteiger partial charge on any atom is 0.472 e. The van der Waals surface area contributed by atoms with Gasteiger partial charge >= 0.3 is 25.7 Å². The topological polar surface area (TPSA) is 172 Å². The average Bonchev–Trinajstić information content (AvgIpc) is 3.14. The Morgan fingerprint density at radius 1 is 0.593 bits per heavy atom. The van der Waals surface area contributed by atoms with Crippen LogP contribution in [-0.2, 0) is 37.5 Å². The van der Waals surface area contributed by atoms with Gasteiger partial charge in [-0.05, 0) is 70.6 Å². The van der Waals surface area contributed by atoms with Crippen molar-refractivity contribution in [3.05, 3.63) is 48.6 Å². The molecule has 0 amide bonds. The van der Waals surface area contributed by atoms with Crippen LogP contribution in [-0.4, -0.2) is 59.9 Å². The number of carboxylic acids is 1. The molecule has 0 aliphatic carbocycles. The first-order valence-corrected chi connectivity index (χ1v) is 22.2. The van der Waals surface area contributed by atoms with Crippen molar-refractivity contribution in [3.8, 4) is 0 Å². The van der Waals surface area contributed by atoms with Gasteiger partial charge in [-0.1, -0.05) is 133 Å². The minimum absolute atomic E-state index is 0.114. The summed E-state index contributed by atoms with van der Waals surface area (Å²) >= 11 is 0. The van der Waals surface area contributed by atoms with Gasteiger partial charge in [-0.25, -0.2) is 4.57 Å². The van der Waals surface area contributed by atoms with Crippen LogP contribution in [0, 0.1) is 0 Å². The van der Waals surface area contributed by atoms with Gasteiger partial charge in [0.1, 0.15) is 12.6 Å². The van der Waals surface area contributed by atoms with Crippen LogP contribution >= 0.6 is 7.82 Å². The van der Waals surface area contributed by atoms with E-state index in [9.17, 15) is 23.8 Å². The van der Waals surface area contributed by atoms with Crippen molar-refractivity contribution in [2.45, 2.75) is 180 Å². The van der Waals surface area contributed by atoms with E-state index >= 15 is 0 Å². The Morgan fingerprint density at radius 3 is 1.61 bits per heavy atom. The molecular weight excluding hydrogens is 709 g/mol. The number of carbonyl (C=O) groups is 3. The Hall–Kier alpha value is -2.56. The molecule has 54 heavy (non-hydrogen) atoms. The van der Waals surface area contributed by atoms with Gasteiger partial charge in [-0.3, -0.25) is 23.4 Å². The molecule has 0 spiro atoms. The minimum atomic E-state index is -4.73. The van der Waals surface area contributed by atoms with E-state index in [1.165, 1.54) is 64.2 Å². The monoisotopic (exact) mass is 784 g/mol. The molecule has 0 aromatic carbocycles. The van der Waals surface area contributed by atoms with Crippen LogP contribution in [0.3, 0.4) is 0 Å². The van der Waals surface area contributed by atoms with E-state index in [-0.39, 0.29) is 19.4 Å². The number of phosphoric acid groups is 1. The van der Waals surface area contributed by atoms with E-state index in [0.29, 0.717) is 12.8 Å². The van der Waals surface area contributed by atoms with Crippen molar-refractivity contribution >= 4 is 25.7 Å². The molecule has 0 bridgehead atoms. The molecule has 0 saturated heterocycles. The van der Waals surface area contributed by atoms with E-state index in [1.54, 1.807) is 0 Å². The number of allylic oxidation sites excluding steroid dienone is 8. The Labute approximate surface area is 326 Å². The zero-order valence-electron chi connectivity index (χ0n) is 33.6. The third kappa shape index (κ3) is 36.4. The summed E-state index contributed by atoms with van der Waals surface area (Å²) in [5, 5.41) is 8.87. The van der Waals surface area contributed by atoms with E-state index in [4.69, 9.17) is 24.8 Å². The summed E-state index contributed by atoms with van der Waals surface area (Å²) in [6, 6.07) is -1.53. The van der Waals surface area contributed by atoms with Crippen LogP contribution in [0.5, 0.6) is 0 Å². The van der Waals surface area contributed by atoms with Gasteiger partial charge in [-0.2, -0.15) is 0 Å². The number of phosphoric ester groups is 1. The molecular formula is C42H74NO10P. The number of ether oxygens (including phenoxy) is 2. The van der Waals surface area contributed by atoms with Crippen molar-refractivity contribution in [1.29, 1.82) is 0 Å². The molecule has 0 aromatic rings. The Kier molecular flexibility index (Phi) is 35.6. The lowest BCUT2D eigenvalue weighted by Gasteiger charge is -2.20. The highest BCUT2D eigenvalue weighted by Crippen LogP contribution is 2.43. The van der Waals surface area contributed by atoms with E-state index in [0.717, 1.165) is 64.2 Å². The molecule has 12 heteroatoms. The van der Waals surface area contributed by atoms with Crippen LogP contribution < -0.4 is 5.73 Å². The maximum absolute atomic E-state index is 12.6. The molecule has 0 radical (unpaired) electrons. The van der Waals surface area contributed by atoms with Crippen molar-refractivity contribution < 1.29 is 47.5 Å². The first kappa shape index (κ1) is 51.4. The van der Waals surface area contributed by atoms with E-state index < -0.39 is 51.1 Å². The summed E-state index contributed by atoms with van der Waals surface area (Å²) in [5.41, 5.74) is 5.32. The molecule has 4 N–H and O–H groups in total. The number of nitrogens with two attached hydrogens (primary N) is 1. The Morgan fingerprint density at radius 2 is 1.04 bits per heavy atom. The first-order chi connectivity index (χ1) is 26.1. The van der Waals surface area contributed by atoms with Gasteiger partial charge in [0, 0.05) is 12.8 Å². The predicted octanol–water partition coefficient (Wildman–Crippen LogP) is 10.6. The Balaban J connectivity index is 4.49. The summed E-state index contributed by atoms with van der Waals surface area (Å²) in [4.78, 5) is 45.8. The molecule has 1 unspecified atom stereocenters. The standard InChI is InChI=1S/C42H74NO10P/c1-3-5-7-9-11-13-15-17-19-21-23-25-27-29-31-33-40(44)50-35-38(36-51-54(48,49)52-37-39(43)42(46)47)53-41(45)34-32-30-28-26-24-22-20-18-16-14-12-10-8-6-4-2/h13,15,17-20,24,26,38-39H,3-12,14,16,21-23,25,27-37,43H2,1-2H3,(H,46,47)(H,48,49)/b15-13+,19-17+,20-18+,26-24+/t38-,39+/m1/s1. The van der Waals surface area contributed by atoms with Crippen molar-refractivity contribution in [2.75, 3.05) is 19.8 Å². The largest absolute Gasteiger partial charge is 0.480 e. The van der Waals surface area contributed by atoms with Gasteiger partial charge in [0.15, 0.2) is 6.10 Å². The molecule has 0 fully saturated rings. The SMILES string of the molecule is CCCCCC/C=C/C=C/CCCCCCCC(=O)OC[C@H](COP(=O)(O)OC[C@H](N)C(=O)O)OC(=O)CCCC/C=C/C/C=C/CCCCCCCC. The van der Waals surface area contributed by atoms with Crippen LogP contribution in [0.2, 0.25) is 0 Å². The van der Waals surface area contributed by atoms with E-state index in [2.05, 4.69) is 67.0 Å². The second kappa shape index (κ2) is 37.4. The maximum atomic E-state index is 12.6. The molecule has 0 aliphatic rings. The number of rotatable bonds is 38. The molecule has 0 aliphatic heterocycles. The molecule has 0 aromatic heterocycles. The zero-order chi connectivity index (χ0) is 40.0. The normalized spacial score (nSPS) is 14.3. The van der Waals surface area contributed by atoms with Crippen LogP contribution in [0.15, 0.2) is 48.6 Å². The predicted molar refractivity (Wildman–Crippen MR) is 217 cm³/mol. The summed E-state index contributed by atoms with van der Waals surface area (Å²) < 4.78 is 32.6. The van der Waals surface area contributed by atoms with Crippen molar-refractivity contribution in [3.63, 3.8) is 0 Å². The summed E-state index contributed by atoms with van der Waals surface area (Å²) in [7, 11) is -4.73. The molecule has 11 nitrogen and oxygen atoms in total. The average molecular weight is 784 g/mol. The smallest absolute Gasteiger partial charge is 0.472 e. The fraction of sp³-hybridized carbons (Fsp3) is 0.738. The lowest BCUT2D eigenvalue weighted by Crippen LogP contribution is -2.34. The molecule has 3 atom stereocenters. The highest BCUT2D eigenvalue weighted by atomic mass is 31.2. The van der Waals surface area contributed by atoms with E-state index in [1.807, 2.05) is 0 Å². The number of unbranched alkanes of at least 4 members (excludes halogenated alkanes) is 17. The van der Waals surface area contributed by atoms with Crippen molar-refractivity contribution in [1.82, 2.24) is 0 Å². The molecule has 0 rings (SSSR count). The minimum Gasteiger partial charge on any atom is -0.480 e. The van der Waals surface area contributed by atoms with Crippen LogP contribution in [0.25, 0.3) is 0 Å². The molecule has 312 valence electrons. The third-order valence-electron chi connectivity index (χ3n) is 8.58. The number of hydrogen-bond acceptors (Lipinski definition) is 9. The lowest BCUT2D eigenvalue weighted by molar-refractivity contribution is -0.161. The number of aliphatic carboxylic acids is 1. The van der Waals surface area contributed by atoms with Gasteiger partial charge in [0.2, 0.25) is 0 Å². The number of carbonyl (C=O) groups excluding carboxylic acids is 2. The molecule has 0 heterocycles. The highest BCUT2D eigenvalue weighted by molar-refractivity contribution is 7.47. The zero-order valence-corrected chi connectivity index (χ0v) is 34.4. The van der Waals surface area contributed by atoms with Gasteiger partial charge in [-0.15, -0.1) is 0 Å². The van der Waals surface area contributed by atoms with Gasteiger partial charge in [0.05, 0.1) is 13.2 Å². The summed E-state index contributed by atoms with van der Waals surface area (Å²) in [5.74, 6) is -2.44. The second-order valence-corrected chi connectivity index (χ2v) is 15.2. The summed E-state index contributed by atoms with van der Waals surface area (Å²) in [6.07, 6.45) is 40.4. The number of esters is 2. The van der Waals surface area contributed by atoms with Gasteiger partial charge in [0.25, 0.3) is 0 Å². The van der Waals surface area contributed by atoms with Crippen LogP contribution in [0.4, 0.5) is 0 Å². The lowest BCUT2D eigenvalue weighted by atomic mass is 10.1. The number of hydrogen-bond donors (Lipinski definition) is 3. The summed E-state index contributed by atoms with van der Waals surface area (Å²) in [6.45, 7) is 2.71. The van der Waals surface area contributed by atoms with Gasteiger partial charge < -0.3 is 25.2 Å². The first-order valence-electron chi connectivity index (χ1n) is 20.7. The second-order valence-electron chi connectivity index (χ2n) is 13.8. The number of carboxylic acid groups (broad SMARTS) is 1.